The molecule has 2 aromatic heterocycles. The number of amides is 1. The predicted octanol–water partition coefficient (Wildman–Crippen LogP) is 3.38. The van der Waals surface area contributed by atoms with Crippen molar-refractivity contribution in [3.05, 3.63) is 72.1 Å². The molecule has 1 aliphatic carbocycles. The molecule has 2 fully saturated rings. The van der Waals surface area contributed by atoms with Crippen molar-refractivity contribution >= 4 is 5.91 Å². The Hall–Kier alpha value is -2.89. The van der Waals surface area contributed by atoms with E-state index in [-0.39, 0.29) is 5.41 Å². The average molecular weight is 390 g/mol. The quantitative estimate of drug-likeness (QED) is 0.703. The van der Waals surface area contributed by atoms with Crippen molar-refractivity contribution in [3.8, 4) is 0 Å². The highest BCUT2D eigenvalue weighted by molar-refractivity contribution is 5.85. The van der Waals surface area contributed by atoms with Crippen molar-refractivity contribution in [3.63, 3.8) is 0 Å². The van der Waals surface area contributed by atoms with Gasteiger partial charge in [-0.25, -0.2) is 4.98 Å². The number of nitrogens with one attached hydrogen (secondary N) is 1. The molecule has 1 amide bonds. The van der Waals surface area contributed by atoms with E-state index >= 15 is 0 Å². The maximum atomic E-state index is 13.4. The number of nitrogens with zero attached hydrogens (tertiary/aromatic N) is 4. The van der Waals surface area contributed by atoms with Crippen molar-refractivity contribution < 1.29 is 4.79 Å². The van der Waals surface area contributed by atoms with Crippen molar-refractivity contribution in [2.45, 2.75) is 44.6 Å². The van der Waals surface area contributed by atoms with Gasteiger partial charge in [-0.3, -0.25) is 9.89 Å². The molecule has 1 atom stereocenters. The first-order chi connectivity index (χ1) is 14.2. The minimum absolute atomic E-state index is 0.219. The minimum Gasteiger partial charge on any atom is -0.341 e. The van der Waals surface area contributed by atoms with Gasteiger partial charge in [-0.1, -0.05) is 30.3 Å². The van der Waals surface area contributed by atoms with E-state index in [1.807, 2.05) is 29.4 Å². The van der Waals surface area contributed by atoms with Crippen LogP contribution in [0.4, 0.5) is 0 Å². The Kier molecular flexibility index (Phi) is 4.70. The third-order valence-corrected chi connectivity index (χ3v) is 6.46. The smallest absolute Gasteiger partial charge is 0.230 e. The Balaban J connectivity index is 1.29. The fraction of sp³-hybridized carbons (Fsp3) is 0.435. The van der Waals surface area contributed by atoms with Gasteiger partial charge in [0.05, 0.1) is 17.9 Å². The van der Waals surface area contributed by atoms with Crippen LogP contribution in [0.25, 0.3) is 0 Å². The minimum atomic E-state index is -0.219. The van der Waals surface area contributed by atoms with E-state index in [9.17, 15) is 4.79 Å². The van der Waals surface area contributed by atoms with Crippen LogP contribution in [0, 0.1) is 5.41 Å². The summed E-state index contributed by atoms with van der Waals surface area (Å²) in [5, 5.41) is 7.58. The Morgan fingerprint density at radius 1 is 1.24 bits per heavy atom. The first kappa shape index (κ1) is 18.2. The number of aromatic nitrogens is 4. The second kappa shape index (κ2) is 7.50. The van der Waals surface area contributed by atoms with Crippen LogP contribution in [-0.2, 0) is 17.8 Å². The lowest BCUT2D eigenvalue weighted by molar-refractivity contribution is -0.138. The Morgan fingerprint density at radius 3 is 2.86 bits per heavy atom. The zero-order valence-corrected chi connectivity index (χ0v) is 16.6. The highest BCUT2D eigenvalue weighted by Crippen LogP contribution is 2.49. The molecule has 3 aromatic rings. The number of benzene rings is 1. The van der Waals surface area contributed by atoms with E-state index in [0.717, 1.165) is 51.7 Å². The summed E-state index contributed by atoms with van der Waals surface area (Å²) in [6.07, 6.45) is 12.5. The van der Waals surface area contributed by atoms with Crippen LogP contribution in [0.5, 0.6) is 0 Å². The molecule has 0 radical (unpaired) electrons. The molecule has 0 spiro atoms. The summed E-state index contributed by atoms with van der Waals surface area (Å²) < 4.78 is 2.04. The molecule has 3 heterocycles. The fourth-order valence-corrected chi connectivity index (χ4v) is 4.68. The molecule has 1 saturated carbocycles. The van der Waals surface area contributed by atoms with Crippen LogP contribution in [0.2, 0.25) is 0 Å². The van der Waals surface area contributed by atoms with Crippen molar-refractivity contribution in [2.75, 3.05) is 13.1 Å². The molecule has 5 rings (SSSR count). The van der Waals surface area contributed by atoms with Crippen molar-refractivity contribution in [1.29, 1.82) is 0 Å². The lowest BCUT2D eigenvalue weighted by atomic mass is 9.90. The van der Waals surface area contributed by atoms with Crippen LogP contribution in [-0.4, -0.2) is 43.6 Å². The van der Waals surface area contributed by atoms with Crippen LogP contribution >= 0.6 is 0 Å². The third-order valence-electron chi connectivity index (χ3n) is 6.46. The Labute approximate surface area is 171 Å². The molecule has 29 heavy (non-hydrogen) atoms. The molecule has 6 heteroatoms. The van der Waals surface area contributed by atoms with Crippen molar-refractivity contribution in [2.24, 2.45) is 5.41 Å². The van der Waals surface area contributed by atoms with Gasteiger partial charge in [0.15, 0.2) is 0 Å². The molecule has 1 aromatic carbocycles. The SMILES string of the molecule is O=C(N1CCCC(c2[nH]ncc2Cc2ccccc2)C1)C1(Cn2ccnc2)CC1. The molecule has 1 saturated heterocycles. The molecule has 2 aliphatic rings. The van der Waals surface area contributed by atoms with Gasteiger partial charge in [0.25, 0.3) is 0 Å². The second-order valence-corrected chi connectivity index (χ2v) is 8.58. The van der Waals surface area contributed by atoms with Gasteiger partial charge in [0.2, 0.25) is 5.91 Å². The van der Waals surface area contributed by atoms with Gasteiger partial charge < -0.3 is 9.47 Å². The van der Waals surface area contributed by atoms with Crippen LogP contribution in [0.3, 0.4) is 0 Å². The molecule has 6 nitrogen and oxygen atoms in total. The summed E-state index contributed by atoms with van der Waals surface area (Å²) in [5.74, 6) is 0.651. The first-order valence-electron chi connectivity index (χ1n) is 10.5. The number of hydrogen-bond donors (Lipinski definition) is 1. The van der Waals surface area contributed by atoms with E-state index in [1.165, 1.54) is 16.8 Å². The van der Waals surface area contributed by atoms with E-state index in [4.69, 9.17) is 0 Å². The first-order valence-corrected chi connectivity index (χ1v) is 10.5. The van der Waals surface area contributed by atoms with Gasteiger partial charge in [-0.2, -0.15) is 5.10 Å². The largest absolute Gasteiger partial charge is 0.341 e. The highest BCUT2D eigenvalue weighted by atomic mass is 16.2. The summed E-state index contributed by atoms with van der Waals surface area (Å²) in [7, 11) is 0. The molecule has 0 bridgehead atoms. The standard InChI is InChI=1S/C23H27N5O/c29-22(23(8-9-23)16-27-12-10-24-17-27)28-11-4-7-19(15-28)21-20(14-25-26-21)13-18-5-2-1-3-6-18/h1-3,5-6,10,12,14,17,19H,4,7-9,11,13,15-16H2,(H,25,26). The molecule has 1 aliphatic heterocycles. The number of likely N-dealkylation sites (tertiary alicyclic amines) is 1. The van der Waals surface area contributed by atoms with E-state index in [1.54, 1.807) is 6.20 Å². The van der Waals surface area contributed by atoms with Gasteiger partial charge in [-0.05, 0) is 36.8 Å². The maximum Gasteiger partial charge on any atom is 0.230 e. The van der Waals surface area contributed by atoms with Crippen LogP contribution < -0.4 is 0 Å². The number of carbonyl (C=O) groups is 1. The summed E-state index contributed by atoms with van der Waals surface area (Å²) in [6, 6.07) is 10.5. The Morgan fingerprint density at radius 2 is 2.10 bits per heavy atom. The number of imidazole rings is 1. The number of rotatable bonds is 6. The summed E-state index contributed by atoms with van der Waals surface area (Å²) in [6.45, 7) is 2.40. The lowest BCUT2D eigenvalue weighted by Crippen LogP contribution is -2.44. The molecule has 150 valence electrons. The summed E-state index contributed by atoms with van der Waals surface area (Å²) in [4.78, 5) is 19.6. The number of carbonyl (C=O) groups excluding carboxylic acids is 1. The zero-order valence-electron chi connectivity index (χ0n) is 16.6. The van der Waals surface area contributed by atoms with E-state index < -0.39 is 0 Å². The second-order valence-electron chi connectivity index (χ2n) is 8.58. The van der Waals surface area contributed by atoms with Gasteiger partial charge >= 0.3 is 0 Å². The fourth-order valence-electron chi connectivity index (χ4n) is 4.68. The van der Waals surface area contributed by atoms with Crippen molar-refractivity contribution in [1.82, 2.24) is 24.6 Å². The summed E-state index contributed by atoms with van der Waals surface area (Å²) >= 11 is 0. The number of aromatic amines is 1. The average Bonchev–Trinajstić information content (AvgIpc) is 3.13. The number of piperidine rings is 1. The summed E-state index contributed by atoms with van der Waals surface area (Å²) in [5.41, 5.74) is 3.51. The van der Waals surface area contributed by atoms with Gasteiger partial charge in [0, 0.05) is 50.1 Å². The topological polar surface area (TPSA) is 66.8 Å². The molecule has 1 unspecified atom stereocenters. The normalized spacial score (nSPS) is 20.6. The zero-order chi connectivity index (χ0) is 19.7. The number of H-pyrrole nitrogens is 1. The third kappa shape index (κ3) is 3.71. The monoisotopic (exact) mass is 389 g/mol. The molecule has 1 N–H and O–H groups in total. The molecular formula is C23H27N5O. The Bertz CT molecular complexity index is 958. The van der Waals surface area contributed by atoms with Gasteiger partial charge in [-0.15, -0.1) is 0 Å². The van der Waals surface area contributed by atoms with Crippen LogP contribution in [0.1, 0.15) is 48.4 Å². The van der Waals surface area contributed by atoms with Crippen LogP contribution in [0.15, 0.2) is 55.2 Å². The maximum absolute atomic E-state index is 13.4. The van der Waals surface area contributed by atoms with E-state index in [0.29, 0.717) is 11.8 Å². The number of hydrogen-bond acceptors (Lipinski definition) is 3. The predicted molar refractivity (Wildman–Crippen MR) is 110 cm³/mol. The van der Waals surface area contributed by atoms with E-state index in [2.05, 4.69) is 44.3 Å². The molecular weight excluding hydrogens is 362 g/mol. The lowest BCUT2D eigenvalue weighted by Gasteiger charge is -2.35. The highest BCUT2D eigenvalue weighted by Gasteiger charge is 2.52. The van der Waals surface area contributed by atoms with Gasteiger partial charge in [0.1, 0.15) is 0 Å².